The fourth-order valence-electron chi connectivity index (χ4n) is 5.55. The van der Waals surface area contributed by atoms with E-state index < -0.39 is 0 Å². The Morgan fingerprint density at radius 2 is 1.09 bits per heavy atom. The fraction of sp³-hybridized carbons (Fsp3) is 0.0625. The van der Waals surface area contributed by atoms with Crippen molar-refractivity contribution in [3.05, 3.63) is 127 Å². The Kier molecular flexibility index (Phi) is 4.04. The number of hydrogen-bond donors (Lipinski definition) is 0. The molecule has 0 fully saturated rings. The first kappa shape index (κ1) is 18.5. The number of allylic oxidation sites excluding steroid dienone is 2. The zero-order chi connectivity index (χ0) is 21.8. The standard InChI is InChI=1S/C32H22O/c1-2-10-21(11-3-1)31-25-13-4-6-15-27(25)32(28-16-7-5-14-26(28)31)22-18-19-24-23-12-8-9-17-29(23)33-30(24)20-22/h1-20,23,29H. The van der Waals surface area contributed by atoms with E-state index in [4.69, 9.17) is 4.74 Å². The first-order valence-electron chi connectivity index (χ1n) is 11.5. The van der Waals surface area contributed by atoms with E-state index in [1.807, 2.05) is 0 Å². The van der Waals surface area contributed by atoms with Gasteiger partial charge in [0.25, 0.3) is 0 Å². The Morgan fingerprint density at radius 1 is 0.515 bits per heavy atom. The van der Waals surface area contributed by atoms with Gasteiger partial charge in [0.05, 0.1) is 0 Å². The van der Waals surface area contributed by atoms with Crippen molar-refractivity contribution in [1.29, 1.82) is 0 Å². The van der Waals surface area contributed by atoms with Crippen molar-refractivity contribution in [2.75, 3.05) is 0 Å². The summed E-state index contributed by atoms with van der Waals surface area (Å²) in [6.45, 7) is 0. The molecule has 156 valence electrons. The molecule has 1 nitrogen and oxygen atoms in total. The van der Waals surface area contributed by atoms with Crippen LogP contribution in [0.4, 0.5) is 0 Å². The summed E-state index contributed by atoms with van der Waals surface area (Å²) >= 11 is 0. The SMILES string of the molecule is C1=CC2Oc3cc(-c4c5ccccc5c(-c5ccccc5)c5ccccc45)ccc3C2C=C1. The van der Waals surface area contributed by atoms with Gasteiger partial charge in [0, 0.05) is 11.5 Å². The number of hydrogen-bond acceptors (Lipinski definition) is 1. The van der Waals surface area contributed by atoms with Gasteiger partial charge in [-0.25, -0.2) is 0 Å². The summed E-state index contributed by atoms with van der Waals surface area (Å²) in [5.41, 5.74) is 6.29. The third-order valence-electron chi connectivity index (χ3n) is 7.00. The van der Waals surface area contributed by atoms with E-state index in [1.165, 1.54) is 49.4 Å². The van der Waals surface area contributed by atoms with Crippen LogP contribution in [-0.2, 0) is 0 Å². The van der Waals surface area contributed by atoms with Crippen molar-refractivity contribution in [3.63, 3.8) is 0 Å². The molecule has 0 bridgehead atoms. The van der Waals surface area contributed by atoms with Gasteiger partial charge < -0.3 is 4.74 Å². The summed E-state index contributed by atoms with van der Waals surface area (Å²) in [6.07, 6.45) is 8.71. The van der Waals surface area contributed by atoms with Crippen LogP contribution in [0.2, 0.25) is 0 Å². The molecular formula is C32H22O. The lowest BCUT2D eigenvalue weighted by Gasteiger charge is -2.18. The van der Waals surface area contributed by atoms with E-state index in [-0.39, 0.29) is 6.10 Å². The number of benzene rings is 5. The smallest absolute Gasteiger partial charge is 0.128 e. The summed E-state index contributed by atoms with van der Waals surface area (Å²) in [5, 5.41) is 5.09. The van der Waals surface area contributed by atoms with Crippen molar-refractivity contribution in [2.45, 2.75) is 12.0 Å². The highest BCUT2D eigenvalue weighted by molar-refractivity contribution is 6.21. The lowest BCUT2D eigenvalue weighted by molar-refractivity contribution is 0.269. The molecule has 1 aliphatic carbocycles. The van der Waals surface area contributed by atoms with Gasteiger partial charge in [-0.05, 0) is 55.9 Å². The van der Waals surface area contributed by atoms with Gasteiger partial charge >= 0.3 is 0 Å². The molecule has 0 amide bonds. The normalized spacial score (nSPS) is 18.3. The van der Waals surface area contributed by atoms with Gasteiger partial charge in [-0.15, -0.1) is 0 Å². The third kappa shape index (κ3) is 2.79. The molecule has 5 aromatic rings. The van der Waals surface area contributed by atoms with E-state index in [0.29, 0.717) is 5.92 Å². The second-order valence-corrected chi connectivity index (χ2v) is 8.84. The van der Waals surface area contributed by atoms with Crippen molar-refractivity contribution in [1.82, 2.24) is 0 Å². The Balaban J connectivity index is 1.53. The molecule has 0 saturated heterocycles. The monoisotopic (exact) mass is 422 g/mol. The molecule has 7 rings (SSSR count). The van der Waals surface area contributed by atoms with Gasteiger partial charge in [0.1, 0.15) is 11.9 Å². The minimum Gasteiger partial charge on any atom is -0.485 e. The highest BCUT2D eigenvalue weighted by Crippen LogP contribution is 2.47. The molecule has 0 spiro atoms. The lowest BCUT2D eigenvalue weighted by Crippen LogP contribution is -2.15. The molecule has 2 aliphatic rings. The van der Waals surface area contributed by atoms with E-state index in [9.17, 15) is 0 Å². The zero-order valence-corrected chi connectivity index (χ0v) is 18.1. The Labute approximate surface area is 193 Å². The van der Waals surface area contributed by atoms with Crippen LogP contribution in [0.3, 0.4) is 0 Å². The van der Waals surface area contributed by atoms with Crippen molar-refractivity contribution >= 4 is 21.5 Å². The average Bonchev–Trinajstić information content (AvgIpc) is 3.25. The Morgan fingerprint density at radius 3 is 1.76 bits per heavy atom. The van der Waals surface area contributed by atoms with Crippen LogP contribution in [0.5, 0.6) is 5.75 Å². The Hall–Kier alpha value is -4.10. The molecule has 33 heavy (non-hydrogen) atoms. The van der Waals surface area contributed by atoms with E-state index in [2.05, 4.69) is 121 Å². The molecule has 2 unspecified atom stereocenters. The van der Waals surface area contributed by atoms with Crippen LogP contribution in [-0.4, -0.2) is 6.10 Å². The van der Waals surface area contributed by atoms with Crippen LogP contribution in [0.1, 0.15) is 11.5 Å². The molecule has 1 heteroatoms. The number of ether oxygens (including phenoxy) is 1. The molecule has 0 aromatic heterocycles. The quantitative estimate of drug-likeness (QED) is 0.260. The molecule has 0 radical (unpaired) electrons. The molecule has 1 heterocycles. The van der Waals surface area contributed by atoms with Crippen LogP contribution in [0, 0.1) is 0 Å². The fourth-order valence-corrected chi connectivity index (χ4v) is 5.55. The minimum atomic E-state index is 0.106. The molecule has 1 aliphatic heterocycles. The van der Waals surface area contributed by atoms with Gasteiger partial charge in [-0.2, -0.15) is 0 Å². The third-order valence-corrected chi connectivity index (χ3v) is 7.00. The first-order chi connectivity index (χ1) is 16.4. The maximum absolute atomic E-state index is 6.35. The van der Waals surface area contributed by atoms with Gasteiger partial charge in [0.2, 0.25) is 0 Å². The highest BCUT2D eigenvalue weighted by Gasteiger charge is 2.32. The maximum Gasteiger partial charge on any atom is 0.128 e. The van der Waals surface area contributed by atoms with Crippen LogP contribution in [0.15, 0.2) is 121 Å². The van der Waals surface area contributed by atoms with Gasteiger partial charge in [-0.3, -0.25) is 0 Å². The van der Waals surface area contributed by atoms with Crippen molar-refractivity contribution in [3.8, 4) is 28.0 Å². The van der Waals surface area contributed by atoms with E-state index in [0.717, 1.165) is 5.75 Å². The van der Waals surface area contributed by atoms with Gasteiger partial charge in [0.15, 0.2) is 0 Å². The Bertz CT molecular complexity index is 1530. The van der Waals surface area contributed by atoms with Crippen molar-refractivity contribution < 1.29 is 4.74 Å². The van der Waals surface area contributed by atoms with Gasteiger partial charge in [-0.1, -0.05) is 109 Å². The van der Waals surface area contributed by atoms with Crippen molar-refractivity contribution in [2.24, 2.45) is 0 Å². The average molecular weight is 423 g/mol. The number of rotatable bonds is 2. The number of fused-ring (bicyclic) bond motifs is 5. The predicted octanol–water partition coefficient (Wildman–Crippen LogP) is 8.30. The van der Waals surface area contributed by atoms with Crippen LogP contribution >= 0.6 is 0 Å². The maximum atomic E-state index is 6.35. The van der Waals surface area contributed by atoms with Crippen LogP contribution in [0.25, 0.3) is 43.8 Å². The zero-order valence-electron chi connectivity index (χ0n) is 18.1. The molecule has 5 aromatic carbocycles. The molecule has 0 saturated carbocycles. The molecular weight excluding hydrogens is 400 g/mol. The second-order valence-electron chi connectivity index (χ2n) is 8.84. The summed E-state index contributed by atoms with van der Waals surface area (Å²) < 4.78 is 6.35. The minimum absolute atomic E-state index is 0.106. The van der Waals surface area contributed by atoms with E-state index in [1.54, 1.807) is 0 Å². The lowest BCUT2D eigenvalue weighted by atomic mass is 9.85. The molecule has 0 N–H and O–H groups in total. The predicted molar refractivity (Wildman–Crippen MR) is 138 cm³/mol. The largest absolute Gasteiger partial charge is 0.485 e. The summed E-state index contributed by atoms with van der Waals surface area (Å²) in [5.74, 6) is 1.31. The first-order valence-corrected chi connectivity index (χ1v) is 11.5. The van der Waals surface area contributed by atoms with E-state index >= 15 is 0 Å². The summed E-state index contributed by atoms with van der Waals surface area (Å²) in [6, 6.07) is 35.1. The highest BCUT2D eigenvalue weighted by atomic mass is 16.5. The second kappa shape index (κ2) is 7.21. The topological polar surface area (TPSA) is 9.23 Å². The van der Waals surface area contributed by atoms with Crippen LogP contribution < -0.4 is 4.74 Å². The summed E-state index contributed by atoms with van der Waals surface area (Å²) in [4.78, 5) is 0. The summed E-state index contributed by atoms with van der Waals surface area (Å²) in [7, 11) is 0. The molecule has 2 atom stereocenters.